The molecule has 0 aromatic heterocycles. The largest absolute Gasteiger partial charge is 0.466 e. The summed E-state index contributed by atoms with van der Waals surface area (Å²) in [6.07, 6.45) is 3.82. The first-order valence-electron chi connectivity index (χ1n) is 10.8. The van der Waals surface area contributed by atoms with E-state index < -0.39 is 0 Å². The summed E-state index contributed by atoms with van der Waals surface area (Å²) in [5, 5.41) is 14.3. The van der Waals surface area contributed by atoms with Crippen LogP contribution in [-0.4, -0.2) is 73.9 Å². The molecule has 0 aliphatic carbocycles. The van der Waals surface area contributed by atoms with Gasteiger partial charge in [-0.25, -0.2) is 5.01 Å². The molecule has 10 nitrogen and oxygen atoms in total. The molecule has 202 valence electrons. The number of esters is 1. The van der Waals surface area contributed by atoms with Gasteiger partial charge in [0.05, 0.1) is 26.2 Å². The minimum atomic E-state index is -0.211. The van der Waals surface area contributed by atoms with Crippen molar-refractivity contribution < 1.29 is 9.53 Å². The van der Waals surface area contributed by atoms with E-state index in [1.54, 1.807) is 11.9 Å². The van der Waals surface area contributed by atoms with Crippen LogP contribution in [0.1, 0.15) is 55.4 Å². The van der Waals surface area contributed by atoms with E-state index in [2.05, 4.69) is 57.7 Å². The van der Waals surface area contributed by atoms with Gasteiger partial charge >= 0.3 is 5.97 Å². The summed E-state index contributed by atoms with van der Waals surface area (Å²) >= 11 is 1.48. The maximum absolute atomic E-state index is 9.82. The zero-order chi connectivity index (χ0) is 25.2. The van der Waals surface area contributed by atoms with Crippen LogP contribution in [0.3, 0.4) is 0 Å². The Balaban J connectivity index is -0.000000181. The number of ether oxygens (including phenoxy) is 1. The predicted octanol–water partition coefficient (Wildman–Crippen LogP) is 4.42. The lowest BCUT2D eigenvalue weighted by Crippen LogP contribution is -2.35. The van der Waals surface area contributed by atoms with E-state index >= 15 is 0 Å². The van der Waals surface area contributed by atoms with E-state index in [1.807, 2.05) is 26.3 Å². The molecule has 2 heterocycles. The summed E-state index contributed by atoms with van der Waals surface area (Å²) in [4.78, 5) is 17.8. The van der Waals surface area contributed by atoms with Gasteiger partial charge in [-0.15, -0.1) is 36.4 Å². The van der Waals surface area contributed by atoms with Crippen molar-refractivity contribution in [3.63, 3.8) is 0 Å². The van der Waals surface area contributed by atoms with Gasteiger partial charge in [0.2, 0.25) is 5.96 Å². The average Bonchev–Trinajstić information content (AvgIpc) is 3.27. The molecule has 0 saturated heterocycles. The number of nitrogens with two attached hydrogens (primary N) is 2. The number of halogens is 2. The molecule has 2 aliphatic heterocycles. The van der Waals surface area contributed by atoms with Gasteiger partial charge in [0, 0.05) is 37.1 Å². The van der Waals surface area contributed by atoms with Crippen molar-refractivity contribution in [2.75, 3.05) is 45.6 Å². The number of nitrogens with zero attached hydrogens (tertiary/aromatic N) is 6. The first-order chi connectivity index (χ1) is 14.8. The van der Waals surface area contributed by atoms with E-state index in [9.17, 15) is 4.79 Å². The summed E-state index contributed by atoms with van der Waals surface area (Å²) in [6.45, 7) is 20.3. The normalized spacial score (nSPS) is 16.9. The van der Waals surface area contributed by atoms with Crippen LogP contribution in [0.15, 0.2) is 25.3 Å². The number of thioether (sulfide) groups is 1. The number of aliphatic imine (C=N–C) groups is 2. The number of rotatable bonds is 3. The molecule has 0 spiro atoms. The zero-order valence-corrected chi connectivity index (χ0v) is 26.2. The number of carbonyl (C=O) groups excluding carboxylic acids is 1. The number of hydrazone groups is 1. The number of hydrogen-bond donors (Lipinski definition) is 2. The molecule has 4 N–H and O–H groups in total. The minimum Gasteiger partial charge on any atom is -0.466 e. The number of azo groups is 1. The van der Waals surface area contributed by atoms with Crippen molar-refractivity contribution in [2.45, 2.75) is 55.4 Å². The Bertz CT molecular complexity index is 649. The fourth-order valence-electron chi connectivity index (χ4n) is 2.03. The minimum absolute atomic E-state index is 0. The summed E-state index contributed by atoms with van der Waals surface area (Å²) in [7, 11) is 0. The molecular formula is C21H46ClIN8O2S. The van der Waals surface area contributed by atoms with Crippen molar-refractivity contribution in [1.82, 2.24) is 5.01 Å². The molecule has 0 aromatic carbocycles. The maximum Gasteiger partial charge on any atom is 0.302 e. The monoisotopic (exact) mass is 636 g/mol. The second-order valence-corrected chi connectivity index (χ2v) is 9.15. The van der Waals surface area contributed by atoms with Crippen LogP contribution in [0.4, 0.5) is 0 Å². The van der Waals surface area contributed by atoms with Crippen LogP contribution >= 0.6 is 48.1 Å². The Hall–Kier alpha value is -1.15. The van der Waals surface area contributed by atoms with E-state index in [0.717, 1.165) is 26.2 Å². The fourth-order valence-corrected chi connectivity index (χ4v) is 2.29. The number of guanidine groups is 1. The quantitative estimate of drug-likeness (QED) is 0.203. The van der Waals surface area contributed by atoms with Crippen LogP contribution in [0.5, 0.6) is 0 Å². The highest BCUT2D eigenvalue weighted by atomic mass is 127. The standard InChI is InChI=1S/C8H16N4.C5H10N2.C4H10N2S.C4H8O2.ClH.HI/c1-4-10-7(9)12-6-8(2,3)5-11-12;1-5(2)3-6-7-4-5;1-3-6-4(5)7-2;1-3-6-4(2)5;;/h5H,4,6H2,1-3H3,(H2,9,10);3-4H2,1-2H3;3H2,1-2H3,(H2,5,6);3H2,1-2H3;2*1H. The Morgan fingerprint density at radius 1 is 1.09 bits per heavy atom. The van der Waals surface area contributed by atoms with Crippen molar-refractivity contribution >= 4 is 71.5 Å². The maximum atomic E-state index is 9.82. The SMILES string of the molecule is CC1(C)CN=NC1.CCN=C(N)N1CC(C)(C)C=N1.CCN=C(N)SC.CCOC(C)=O.Cl.I. The summed E-state index contributed by atoms with van der Waals surface area (Å²) in [6, 6.07) is 0. The van der Waals surface area contributed by atoms with Gasteiger partial charge in [-0.2, -0.15) is 15.3 Å². The molecule has 0 bridgehead atoms. The number of amidine groups is 1. The lowest BCUT2D eigenvalue weighted by molar-refractivity contribution is -0.140. The van der Waals surface area contributed by atoms with E-state index in [-0.39, 0.29) is 47.8 Å². The molecule has 0 amide bonds. The predicted molar refractivity (Wildman–Crippen MR) is 160 cm³/mol. The molecular weight excluding hydrogens is 591 g/mol. The number of hydrogen-bond acceptors (Lipinski definition) is 8. The topological polar surface area (TPSA) is 143 Å². The second kappa shape index (κ2) is 22.3. The number of carbonyl (C=O) groups is 1. The Labute approximate surface area is 233 Å². The molecule has 34 heavy (non-hydrogen) atoms. The molecule has 0 radical (unpaired) electrons. The highest BCUT2D eigenvalue weighted by molar-refractivity contribution is 14.0. The fraction of sp³-hybridized carbons (Fsp3) is 0.810. The highest BCUT2D eigenvalue weighted by Crippen LogP contribution is 2.21. The molecule has 0 saturated carbocycles. The van der Waals surface area contributed by atoms with Crippen LogP contribution in [0.25, 0.3) is 0 Å². The van der Waals surface area contributed by atoms with Gasteiger partial charge in [-0.05, 0) is 27.0 Å². The molecule has 0 unspecified atom stereocenters. The second-order valence-electron chi connectivity index (χ2n) is 8.33. The molecule has 0 aromatic rings. The lowest BCUT2D eigenvalue weighted by atomic mass is 9.96. The van der Waals surface area contributed by atoms with Gasteiger partial charge in [-0.3, -0.25) is 14.8 Å². The smallest absolute Gasteiger partial charge is 0.302 e. The lowest BCUT2D eigenvalue weighted by Gasteiger charge is -2.17. The molecule has 13 heteroatoms. The van der Waals surface area contributed by atoms with Crippen LogP contribution in [0.2, 0.25) is 0 Å². The van der Waals surface area contributed by atoms with E-state index in [4.69, 9.17) is 11.5 Å². The summed E-state index contributed by atoms with van der Waals surface area (Å²) in [5.74, 6) is 0.303. The van der Waals surface area contributed by atoms with Crippen molar-refractivity contribution in [3.8, 4) is 0 Å². The molecule has 0 atom stereocenters. The van der Waals surface area contributed by atoms with E-state index in [1.165, 1.54) is 18.7 Å². The Morgan fingerprint density at radius 2 is 1.59 bits per heavy atom. The third-order valence-electron chi connectivity index (χ3n) is 3.66. The van der Waals surface area contributed by atoms with Crippen molar-refractivity contribution in [1.29, 1.82) is 0 Å². The molecule has 0 fully saturated rings. The van der Waals surface area contributed by atoms with Crippen LogP contribution in [-0.2, 0) is 9.53 Å². The van der Waals surface area contributed by atoms with Gasteiger partial charge in [0.1, 0.15) is 0 Å². The third-order valence-corrected chi connectivity index (χ3v) is 4.20. The van der Waals surface area contributed by atoms with Gasteiger partial charge in [-0.1, -0.05) is 39.5 Å². The van der Waals surface area contributed by atoms with Gasteiger partial charge < -0.3 is 16.2 Å². The van der Waals surface area contributed by atoms with Gasteiger partial charge in [0.25, 0.3) is 0 Å². The van der Waals surface area contributed by atoms with Crippen LogP contribution in [0, 0.1) is 10.8 Å². The van der Waals surface area contributed by atoms with Crippen molar-refractivity contribution in [3.05, 3.63) is 0 Å². The Morgan fingerprint density at radius 3 is 1.79 bits per heavy atom. The van der Waals surface area contributed by atoms with Crippen molar-refractivity contribution in [2.24, 2.45) is 47.6 Å². The van der Waals surface area contributed by atoms with E-state index in [0.29, 0.717) is 29.7 Å². The Kier molecular flexibility index (Phi) is 26.3. The highest BCUT2D eigenvalue weighted by Gasteiger charge is 2.26. The molecule has 2 aliphatic rings. The first kappa shape index (κ1) is 40.0. The first-order valence-corrected chi connectivity index (χ1v) is 12.0. The summed E-state index contributed by atoms with van der Waals surface area (Å²) < 4.78 is 4.40. The summed E-state index contributed by atoms with van der Waals surface area (Å²) in [5.41, 5.74) is 11.4. The third kappa shape index (κ3) is 24.0. The molecule has 2 rings (SSSR count). The average molecular weight is 637 g/mol. The zero-order valence-electron chi connectivity index (χ0n) is 22.2. The van der Waals surface area contributed by atoms with Gasteiger partial charge in [0.15, 0.2) is 5.17 Å². The van der Waals surface area contributed by atoms with Crippen LogP contribution < -0.4 is 11.5 Å².